The Morgan fingerprint density at radius 2 is 1.57 bits per heavy atom. The average Bonchev–Trinajstić information content (AvgIpc) is 3.19. The molecule has 40 heavy (non-hydrogen) atoms. The molecule has 5 amide bonds. The largest absolute Gasteiger partial charge is 0.447 e. The molecule has 1 fully saturated rings. The first-order valence-electron chi connectivity index (χ1n) is 13.3. The number of imide groups is 1. The van der Waals surface area contributed by atoms with E-state index in [1.165, 1.54) is 23.6 Å². The number of hydrogen-bond donors (Lipinski definition) is 4. The summed E-state index contributed by atoms with van der Waals surface area (Å²) in [6.45, 7) is 7.58. The molecule has 4 N–H and O–H groups in total. The predicted octanol–water partition coefficient (Wildman–Crippen LogP) is 0.436. The Morgan fingerprint density at radius 1 is 0.975 bits per heavy atom. The van der Waals surface area contributed by atoms with E-state index < -0.39 is 18.3 Å². The summed E-state index contributed by atoms with van der Waals surface area (Å²) in [4.78, 5) is 69.1. The second-order valence-corrected chi connectivity index (χ2v) is 9.61. The zero-order valence-electron chi connectivity index (χ0n) is 24.2. The van der Waals surface area contributed by atoms with E-state index in [0.29, 0.717) is 39.0 Å². The summed E-state index contributed by atoms with van der Waals surface area (Å²) in [5.74, 6) is -0.366. The van der Waals surface area contributed by atoms with Gasteiger partial charge in [0.1, 0.15) is 25.1 Å². The van der Waals surface area contributed by atoms with Crippen LogP contribution in [0.5, 0.6) is 0 Å². The standard InChI is InChI=1S/C16H32N4O6.C9H13NO3S/c1-4-18-15(22)25-11-13(12-26-16(23)19-5-2)24-10-6-7-14(21)20-9-8-17-3;1-6(11)3-4-10-8(12)5-7(14-2)9(10)13/h13,17H,4-12H2,1-3H3,(H,18,22)(H,19,23)(H,20,21);7H,3-5H2,1-2H3. The number of hydrogen-bond acceptors (Lipinski definition) is 11. The van der Waals surface area contributed by atoms with Gasteiger partial charge in [-0.15, -0.1) is 0 Å². The highest BCUT2D eigenvalue weighted by Gasteiger charge is 2.37. The molecular weight excluding hydrogens is 546 g/mol. The van der Waals surface area contributed by atoms with Gasteiger partial charge >= 0.3 is 12.2 Å². The molecule has 0 bridgehead atoms. The molecule has 0 aliphatic carbocycles. The van der Waals surface area contributed by atoms with Gasteiger partial charge in [-0.2, -0.15) is 11.8 Å². The molecule has 1 aliphatic heterocycles. The molecule has 1 unspecified atom stereocenters. The van der Waals surface area contributed by atoms with Crippen molar-refractivity contribution in [3.63, 3.8) is 0 Å². The van der Waals surface area contributed by atoms with Crippen LogP contribution in [0.4, 0.5) is 9.59 Å². The number of nitrogens with zero attached hydrogens (tertiary/aromatic N) is 1. The highest BCUT2D eigenvalue weighted by Crippen LogP contribution is 2.22. The molecule has 0 saturated carbocycles. The summed E-state index contributed by atoms with van der Waals surface area (Å²) in [5.41, 5.74) is 0. The fraction of sp³-hybridized carbons (Fsp3) is 0.760. The summed E-state index contributed by atoms with van der Waals surface area (Å²) < 4.78 is 15.6. The molecule has 0 spiro atoms. The van der Waals surface area contributed by atoms with Gasteiger partial charge in [0.25, 0.3) is 0 Å². The second kappa shape index (κ2) is 22.9. The van der Waals surface area contributed by atoms with Crippen molar-refractivity contribution in [2.45, 2.75) is 57.8 Å². The maximum absolute atomic E-state index is 11.6. The summed E-state index contributed by atoms with van der Waals surface area (Å²) >= 11 is 1.39. The van der Waals surface area contributed by atoms with Crippen LogP contribution in [-0.4, -0.2) is 118 Å². The zero-order valence-corrected chi connectivity index (χ0v) is 25.0. The summed E-state index contributed by atoms with van der Waals surface area (Å²) in [5, 5.41) is 10.5. The van der Waals surface area contributed by atoms with Crippen molar-refractivity contribution in [1.29, 1.82) is 0 Å². The number of carbonyl (C=O) groups excluding carboxylic acids is 6. The second-order valence-electron chi connectivity index (χ2n) is 8.57. The smallest absolute Gasteiger partial charge is 0.407 e. The molecule has 1 heterocycles. The monoisotopic (exact) mass is 591 g/mol. The first-order chi connectivity index (χ1) is 19.1. The van der Waals surface area contributed by atoms with Crippen LogP contribution in [0.2, 0.25) is 0 Å². The van der Waals surface area contributed by atoms with Crippen LogP contribution in [-0.2, 0) is 33.4 Å². The number of likely N-dealkylation sites (N-methyl/N-ethyl adjacent to an activating group) is 1. The lowest BCUT2D eigenvalue weighted by Crippen LogP contribution is -2.34. The van der Waals surface area contributed by atoms with Gasteiger partial charge < -0.3 is 35.5 Å². The number of likely N-dealkylation sites (tertiary alicyclic amines) is 1. The van der Waals surface area contributed by atoms with E-state index in [-0.39, 0.29) is 68.0 Å². The number of amides is 5. The van der Waals surface area contributed by atoms with Crippen LogP contribution in [0.1, 0.15) is 46.5 Å². The third-order valence-electron chi connectivity index (χ3n) is 5.22. The number of rotatable bonds is 18. The van der Waals surface area contributed by atoms with Crippen molar-refractivity contribution < 1.29 is 43.0 Å². The van der Waals surface area contributed by atoms with E-state index >= 15 is 0 Å². The third kappa shape index (κ3) is 17.6. The minimum Gasteiger partial charge on any atom is -0.447 e. The van der Waals surface area contributed by atoms with Crippen molar-refractivity contribution >= 4 is 47.5 Å². The lowest BCUT2D eigenvalue weighted by atomic mass is 10.3. The topological polar surface area (TPSA) is 181 Å². The molecule has 1 atom stereocenters. The Kier molecular flexibility index (Phi) is 21.2. The lowest BCUT2D eigenvalue weighted by molar-refractivity contribution is -0.138. The maximum atomic E-state index is 11.6. The number of alkyl carbamates (subject to hydrolysis) is 2. The molecule has 14 nitrogen and oxygen atoms in total. The summed E-state index contributed by atoms with van der Waals surface area (Å²) in [7, 11) is 1.81. The Morgan fingerprint density at radius 3 is 2.05 bits per heavy atom. The fourth-order valence-electron chi connectivity index (χ4n) is 3.11. The van der Waals surface area contributed by atoms with Gasteiger partial charge in [-0.25, -0.2) is 9.59 Å². The van der Waals surface area contributed by atoms with Gasteiger partial charge in [0.15, 0.2) is 0 Å². The molecule has 1 rings (SSSR count). The third-order valence-corrected chi connectivity index (χ3v) is 6.15. The van der Waals surface area contributed by atoms with Gasteiger partial charge in [0.05, 0.1) is 5.25 Å². The van der Waals surface area contributed by atoms with Crippen molar-refractivity contribution in [1.82, 2.24) is 26.2 Å². The number of nitrogens with one attached hydrogen (secondary N) is 4. The van der Waals surface area contributed by atoms with Gasteiger partial charge in [-0.3, -0.25) is 24.1 Å². The van der Waals surface area contributed by atoms with E-state index in [2.05, 4.69) is 21.3 Å². The van der Waals surface area contributed by atoms with E-state index in [9.17, 15) is 28.8 Å². The Bertz CT molecular complexity index is 794. The molecule has 15 heteroatoms. The van der Waals surface area contributed by atoms with E-state index in [1.54, 1.807) is 13.8 Å². The molecule has 1 saturated heterocycles. The zero-order chi connectivity index (χ0) is 30.3. The Labute approximate surface area is 240 Å². The molecule has 230 valence electrons. The molecule has 0 aromatic heterocycles. The first kappa shape index (κ1) is 37.1. The van der Waals surface area contributed by atoms with Gasteiger partial charge in [-0.1, -0.05) is 0 Å². The normalized spacial score (nSPS) is 14.3. The minimum absolute atomic E-state index is 0.00167. The van der Waals surface area contributed by atoms with Gasteiger partial charge in [0, 0.05) is 58.6 Å². The summed E-state index contributed by atoms with van der Waals surface area (Å²) in [6, 6.07) is 0. The predicted molar refractivity (Wildman–Crippen MR) is 150 cm³/mol. The highest BCUT2D eigenvalue weighted by molar-refractivity contribution is 8.00. The molecule has 0 aromatic rings. The van der Waals surface area contributed by atoms with Crippen LogP contribution in [0.25, 0.3) is 0 Å². The van der Waals surface area contributed by atoms with Crippen LogP contribution in [0, 0.1) is 0 Å². The molecule has 0 aromatic carbocycles. The van der Waals surface area contributed by atoms with Crippen molar-refractivity contribution in [2.75, 3.05) is 65.8 Å². The fourth-order valence-corrected chi connectivity index (χ4v) is 3.75. The number of Topliss-reactive ketones (excluding diaryl/α,β-unsaturated/α-hetero) is 1. The Balaban J connectivity index is 0.000000906. The minimum atomic E-state index is -0.604. The average molecular weight is 592 g/mol. The van der Waals surface area contributed by atoms with Crippen molar-refractivity contribution in [3.8, 4) is 0 Å². The highest BCUT2D eigenvalue weighted by atomic mass is 32.2. The van der Waals surface area contributed by atoms with Crippen molar-refractivity contribution in [2.24, 2.45) is 0 Å². The first-order valence-corrected chi connectivity index (χ1v) is 14.6. The number of ether oxygens (including phenoxy) is 3. The summed E-state index contributed by atoms with van der Waals surface area (Å²) in [6.07, 6.45) is 1.44. The van der Waals surface area contributed by atoms with E-state index in [0.717, 1.165) is 0 Å². The lowest BCUT2D eigenvalue weighted by Gasteiger charge is -2.18. The molecule has 0 radical (unpaired) electrons. The van der Waals surface area contributed by atoms with Crippen LogP contribution in [0.15, 0.2) is 0 Å². The number of carbonyl (C=O) groups is 6. The van der Waals surface area contributed by atoms with Crippen LogP contribution >= 0.6 is 11.8 Å². The van der Waals surface area contributed by atoms with Crippen LogP contribution < -0.4 is 21.3 Å². The van der Waals surface area contributed by atoms with Gasteiger partial charge in [0.2, 0.25) is 17.7 Å². The van der Waals surface area contributed by atoms with Gasteiger partial charge in [-0.05, 0) is 40.5 Å². The SMILES string of the molecule is CCNC(=O)OCC(COC(=O)NCC)OCCCC(=O)NCCNC.CSC1CC(=O)N(CCC(C)=O)C1=O. The number of thioether (sulfide) groups is 1. The van der Waals surface area contributed by atoms with E-state index in [1.807, 2.05) is 13.3 Å². The molecule has 1 aliphatic rings. The quantitative estimate of drug-likeness (QED) is 0.128. The van der Waals surface area contributed by atoms with Crippen LogP contribution in [0.3, 0.4) is 0 Å². The molecular formula is C25H45N5O9S. The maximum Gasteiger partial charge on any atom is 0.407 e. The van der Waals surface area contributed by atoms with Crippen molar-refractivity contribution in [3.05, 3.63) is 0 Å². The van der Waals surface area contributed by atoms with E-state index in [4.69, 9.17) is 14.2 Å². The number of ketones is 1. The Hall–Kier alpha value is -2.91.